The molecule has 0 aliphatic rings. The van der Waals surface area contributed by atoms with Gasteiger partial charge >= 0.3 is 0 Å². The summed E-state index contributed by atoms with van der Waals surface area (Å²) in [4.78, 5) is 4.58. The largest absolute Gasteiger partial charge is 0.395 e. The SMILES string of the molecule is OCCNc1nc2ccccc2n1Cc1cccc(Cl)c1. The first-order chi connectivity index (χ1) is 10.3. The van der Waals surface area contributed by atoms with Crippen LogP contribution >= 0.6 is 11.6 Å². The standard InChI is InChI=1S/C16H16ClN3O/c17-13-5-3-4-12(10-13)11-20-15-7-2-1-6-14(15)19-16(20)18-8-9-21/h1-7,10,21H,8-9,11H2,(H,18,19). The van der Waals surface area contributed by atoms with Crippen molar-refractivity contribution in [1.82, 2.24) is 9.55 Å². The van der Waals surface area contributed by atoms with E-state index in [0.717, 1.165) is 27.6 Å². The van der Waals surface area contributed by atoms with Crippen LogP contribution < -0.4 is 5.32 Å². The van der Waals surface area contributed by atoms with Gasteiger partial charge < -0.3 is 15.0 Å². The molecule has 1 aromatic heterocycles. The van der Waals surface area contributed by atoms with E-state index in [-0.39, 0.29) is 6.61 Å². The van der Waals surface area contributed by atoms with Crippen LogP contribution in [0.15, 0.2) is 48.5 Å². The Bertz CT molecular complexity index is 754. The smallest absolute Gasteiger partial charge is 0.204 e. The Morgan fingerprint density at radius 2 is 2.00 bits per heavy atom. The number of anilines is 1. The van der Waals surface area contributed by atoms with Gasteiger partial charge in [0.05, 0.1) is 24.2 Å². The lowest BCUT2D eigenvalue weighted by Gasteiger charge is -2.10. The first-order valence-corrected chi connectivity index (χ1v) is 7.20. The predicted molar refractivity (Wildman–Crippen MR) is 85.9 cm³/mol. The number of benzene rings is 2. The first kappa shape index (κ1) is 13.9. The van der Waals surface area contributed by atoms with E-state index in [9.17, 15) is 0 Å². The Hall–Kier alpha value is -2.04. The number of halogens is 1. The number of nitrogens with one attached hydrogen (secondary N) is 1. The van der Waals surface area contributed by atoms with Crippen molar-refractivity contribution in [3.05, 3.63) is 59.1 Å². The topological polar surface area (TPSA) is 50.1 Å². The summed E-state index contributed by atoms with van der Waals surface area (Å²) in [7, 11) is 0. The lowest BCUT2D eigenvalue weighted by Crippen LogP contribution is -2.12. The molecule has 0 unspecified atom stereocenters. The summed E-state index contributed by atoms with van der Waals surface area (Å²) in [5.41, 5.74) is 3.09. The van der Waals surface area contributed by atoms with E-state index in [1.165, 1.54) is 0 Å². The third-order valence-electron chi connectivity index (χ3n) is 3.28. The van der Waals surface area contributed by atoms with Crippen molar-refractivity contribution in [2.45, 2.75) is 6.54 Å². The van der Waals surface area contributed by atoms with E-state index < -0.39 is 0 Å². The molecule has 0 spiro atoms. The van der Waals surface area contributed by atoms with Crippen LogP contribution in [0.2, 0.25) is 5.02 Å². The second-order valence-corrected chi connectivity index (χ2v) is 5.23. The summed E-state index contributed by atoms with van der Waals surface area (Å²) < 4.78 is 2.09. The van der Waals surface area contributed by atoms with Gasteiger partial charge in [0, 0.05) is 11.6 Å². The summed E-state index contributed by atoms with van der Waals surface area (Å²) in [5, 5.41) is 12.9. The average molecular weight is 302 g/mol. The van der Waals surface area contributed by atoms with Gasteiger partial charge in [-0.05, 0) is 29.8 Å². The lowest BCUT2D eigenvalue weighted by molar-refractivity contribution is 0.310. The highest BCUT2D eigenvalue weighted by atomic mass is 35.5. The van der Waals surface area contributed by atoms with E-state index in [0.29, 0.717) is 13.1 Å². The van der Waals surface area contributed by atoms with E-state index in [4.69, 9.17) is 16.7 Å². The summed E-state index contributed by atoms with van der Waals surface area (Å²) in [5.74, 6) is 0.755. The van der Waals surface area contributed by atoms with E-state index in [2.05, 4.69) is 14.9 Å². The van der Waals surface area contributed by atoms with Crippen molar-refractivity contribution < 1.29 is 5.11 Å². The van der Waals surface area contributed by atoms with E-state index >= 15 is 0 Å². The van der Waals surface area contributed by atoms with Gasteiger partial charge in [-0.25, -0.2) is 4.98 Å². The molecule has 0 saturated heterocycles. The normalized spacial score (nSPS) is 11.0. The van der Waals surface area contributed by atoms with E-state index in [1.54, 1.807) is 0 Å². The number of para-hydroxylation sites is 2. The quantitative estimate of drug-likeness (QED) is 0.761. The molecule has 0 aliphatic carbocycles. The number of imidazole rings is 1. The molecular formula is C16H16ClN3O. The third kappa shape index (κ3) is 3.01. The summed E-state index contributed by atoms with van der Waals surface area (Å²) in [6.07, 6.45) is 0. The molecule has 0 saturated carbocycles. The monoisotopic (exact) mass is 301 g/mol. The second-order valence-electron chi connectivity index (χ2n) is 4.79. The zero-order valence-electron chi connectivity index (χ0n) is 11.5. The molecule has 0 aliphatic heterocycles. The lowest BCUT2D eigenvalue weighted by atomic mass is 10.2. The maximum absolute atomic E-state index is 9.00. The van der Waals surface area contributed by atoms with Gasteiger partial charge in [-0.1, -0.05) is 35.9 Å². The van der Waals surface area contributed by atoms with Crippen molar-refractivity contribution in [2.75, 3.05) is 18.5 Å². The third-order valence-corrected chi connectivity index (χ3v) is 3.51. The Balaban J connectivity index is 2.02. The van der Waals surface area contributed by atoms with Gasteiger partial charge in [-0.2, -0.15) is 0 Å². The average Bonchev–Trinajstić information content (AvgIpc) is 2.83. The van der Waals surface area contributed by atoms with Gasteiger partial charge in [0.25, 0.3) is 0 Å². The maximum Gasteiger partial charge on any atom is 0.204 e. The predicted octanol–water partition coefficient (Wildman–Crippen LogP) is 3.14. The van der Waals surface area contributed by atoms with Crippen LogP contribution in [0, 0.1) is 0 Å². The van der Waals surface area contributed by atoms with Crippen molar-refractivity contribution >= 4 is 28.6 Å². The zero-order valence-corrected chi connectivity index (χ0v) is 12.2. The minimum absolute atomic E-state index is 0.0698. The van der Waals surface area contributed by atoms with Crippen LogP contribution in [-0.2, 0) is 6.54 Å². The van der Waals surface area contributed by atoms with E-state index in [1.807, 2.05) is 48.5 Å². The molecule has 21 heavy (non-hydrogen) atoms. The molecule has 0 bridgehead atoms. The number of nitrogens with zero attached hydrogens (tertiary/aromatic N) is 2. The molecular weight excluding hydrogens is 286 g/mol. The Morgan fingerprint density at radius 3 is 2.81 bits per heavy atom. The van der Waals surface area contributed by atoms with Crippen molar-refractivity contribution in [3.63, 3.8) is 0 Å². The van der Waals surface area contributed by atoms with Gasteiger partial charge in [0.15, 0.2) is 0 Å². The van der Waals surface area contributed by atoms with Crippen LogP contribution in [0.5, 0.6) is 0 Å². The van der Waals surface area contributed by atoms with Crippen LogP contribution in [0.4, 0.5) is 5.95 Å². The fourth-order valence-electron chi connectivity index (χ4n) is 2.36. The Kier molecular flexibility index (Phi) is 4.08. The number of aliphatic hydroxyl groups is 1. The summed E-state index contributed by atoms with van der Waals surface area (Å²) in [6, 6.07) is 15.8. The molecule has 0 radical (unpaired) electrons. The highest BCUT2D eigenvalue weighted by molar-refractivity contribution is 6.30. The van der Waals surface area contributed by atoms with Gasteiger partial charge in [0.2, 0.25) is 5.95 Å². The first-order valence-electron chi connectivity index (χ1n) is 6.82. The van der Waals surface area contributed by atoms with Crippen molar-refractivity contribution in [2.24, 2.45) is 0 Å². The minimum atomic E-state index is 0.0698. The van der Waals surface area contributed by atoms with Crippen LogP contribution in [0.3, 0.4) is 0 Å². The molecule has 2 aromatic carbocycles. The van der Waals surface area contributed by atoms with Crippen LogP contribution in [-0.4, -0.2) is 27.8 Å². The van der Waals surface area contributed by atoms with Crippen LogP contribution in [0.1, 0.15) is 5.56 Å². The number of aliphatic hydroxyl groups excluding tert-OH is 1. The summed E-state index contributed by atoms with van der Waals surface area (Å²) >= 11 is 6.05. The number of hydrogen-bond donors (Lipinski definition) is 2. The molecule has 3 rings (SSSR count). The van der Waals surface area contributed by atoms with Gasteiger partial charge in [-0.15, -0.1) is 0 Å². The fourth-order valence-corrected chi connectivity index (χ4v) is 2.57. The maximum atomic E-state index is 9.00. The molecule has 3 aromatic rings. The minimum Gasteiger partial charge on any atom is -0.395 e. The molecule has 5 heteroatoms. The highest BCUT2D eigenvalue weighted by Crippen LogP contribution is 2.22. The molecule has 0 atom stereocenters. The zero-order chi connectivity index (χ0) is 14.7. The Labute approximate surface area is 128 Å². The van der Waals surface area contributed by atoms with Gasteiger partial charge in [0.1, 0.15) is 0 Å². The molecule has 0 amide bonds. The Morgan fingerprint density at radius 1 is 1.14 bits per heavy atom. The van der Waals surface area contributed by atoms with Crippen molar-refractivity contribution in [1.29, 1.82) is 0 Å². The molecule has 1 heterocycles. The summed E-state index contributed by atoms with van der Waals surface area (Å²) in [6.45, 7) is 1.22. The molecule has 0 fully saturated rings. The highest BCUT2D eigenvalue weighted by Gasteiger charge is 2.10. The number of aromatic nitrogens is 2. The fraction of sp³-hybridized carbons (Fsp3) is 0.188. The number of rotatable bonds is 5. The molecule has 108 valence electrons. The van der Waals surface area contributed by atoms with Gasteiger partial charge in [-0.3, -0.25) is 0 Å². The molecule has 4 nitrogen and oxygen atoms in total. The molecule has 2 N–H and O–H groups in total. The second kappa shape index (κ2) is 6.16. The van der Waals surface area contributed by atoms with Crippen LogP contribution in [0.25, 0.3) is 11.0 Å². The number of hydrogen-bond acceptors (Lipinski definition) is 3. The number of fused-ring (bicyclic) bond motifs is 1. The van der Waals surface area contributed by atoms with Crippen molar-refractivity contribution in [3.8, 4) is 0 Å².